The number of nitrogens with two attached hydrogens (primary N) is 1. The molecule has 0 aliphatic rings. The van der Waals surface area contributed by atoms with Crippen molar-refractivity contribution in [3.05, 3.63) is 35.6 Å². The highest BCUT2D eigenvalue weighted by Gasteiger charge is 2.08. The number of guanidine groups is 1. The van der Waals surface area contributed by atoms with Gasteiger partial charge in [-0.2, -0.15) is 0 Å². The van der Waals surface area contributed by atoms with Crippen LogP contribution in [0.25, 0.3) is 0 Å². The van der Waals surface area contributed by atoms with E-state index in [0.29, 0.717) is 17.4 Å². The van der Waals surface area contributed by atoms with Crippen molar-refractivity contribution < 1.29 is 9.50 Å². The minimum atomic E-state index is -0.780. The summed E-state index contributed by atoms with van der Waals surface area (Å²) in [7, 11) is 0. The number of benzene rings is 1. The van der Waals surface area contributed by atoms with Gasteiger partial charge in [0.25, 0.3) is 0 Å². The molecule has 0 radical (unpaired) electrons. The van der Waals surface area contributed by atoms with E-state index < -0.39 is 6.10 Å². The summed E-state index contributed by atoms with van der Waals surface area (Å²) in [4.78, 5) is 4.15. The number of nitrogens with one attached hydrogen (secondary N) is 1. The second-order valence-corrected chi connectivity index (χ2v) is 6.16. The molecule has 0 aliphatic heterocycles. The number of aliphatic hydroxyl groups excluding tert-OH is 1. The van der Waals surface area contributed by atoms with E-state index >= 15 is 0 Å². The molecule has 0 fully saturated rings. The van der Waals surface area contributed by atoms with Gasteiger partial charge in [0, 0.05) is 6.04 Å². The van der Waals surface area contributed by atoms with E-state index in [1.54, 1.807) is 12.1 Å². The number of nitrogens with zero attached hydrogens (tertiary/aromatic N) is 1. The van der Waals surface area contributed by atoms with Crippen LogP contribution in [0.5, 0.6) is 0 Å². The predicted molar refractivity (Wildman–Crippen MR) is 105 cm³/mol. The first-order chi connectivity index (χ1) is 10.4. The lowest BCUT2D eigenvalue weighted by atomic mass is 10.0. The van der Waals surface area contributed by atoms with Gasteiger partial charge in [-0.3, -0.25) is 4.99 Å². The van der Waals surface area contributed by atoms with Crippen LogP contribution in [0.2, 0.25) is 0 Å². The van der Waals surface area contributed by atoms with Gasteiger partial charge in [-0.05, 0) is 37.0 Å². The van der Waals surface area contributed by atoms with E-state index in [-0.39, 0.29) is 42.4 Å². The quantitative estimate of drug-likeness (QED) is 0.331. The fourth-order valence-electron chi connectivity index (χ4n) is 2.18. The highest BCUT2D eigenvalue weighted by molar-refractivity contribution is 14.0. The first kappa shape index (κ1) is 22.1. The molecule has 6 heteroatoms. The van der Waals surface area contributed by atoms with E-state index in [2.05, 4.69) is 31.1 Å². The summed E-state index contributed by atoms with van der Waals surface area (Å²) in [5.74, 6) is 0.720. The van der Waals surface area contributed by atoms with Crippen molar-refractivity contribution in [1.82, 2.24) is 5.32 Å². The topological polar surface area (TPSA) is 70.6 Å². The molecule has 0 spiro atoms. The molecule has 0 amide bonds. The predicted octanol–water partition coefficient (Wildman–Crippen LogP) is 3.60. The molecule has 1 rings (SSSR count). The van der Waals surface area contributed by atoms with Gasteiger partial charge < -0.3 is 16.2 Å². The molecule has 2 unspecified atom stereocenters. The van der Waals surface area contributed by atoms with E-state index in [1.165, 1.54) is 18.6 Å². The fraction of sp³-hybridized carbons (Fsp3) is 0.588. The summed E-state index contributed by atoms with van der Waals surface area (Å²) < 4.78 is 12.8. The van der Waals surface area contributed by atoms with Crippen molar-refractivity contribution in [2.75, 3.05) is 6.54 Å². The van der Waals surface area contributed by atoms with Gasteiger partial charge >= 0.3 is 0 Å². The van der Waals surface area contributed by atoms with E-state index in [4.69, 9.17) is 5.73 Å². The smallest absolute Gasteiger partial charge is 0.188 e. The normalized spacial score (nSPS) is 14.3. The third kappa shape index (κ3) is 9.76. The Kier molecular flexibility index (Phi) is 11.2. The number of hydrogen-bond acceptors (Lipinski definition) is 2. The summed E-state index contributed by atoms with van der Waals surface area (Å²) in [6, 6.07) is 5.99. The first-order valence-corrected chi connectivity index (χ1v) is 7.88. The van der Waals surface area contributed by atoms with Crippen LogP contribution in [-0.4, -0.2) is 23.7 Å². The maximum atomic E-state index is 12.8. The maximum absolute atomic E-state index is 12.8. The molecular formula is C17H29FIN3O. The van der Waals surface area contributed by atoms with Gasteiger partial charge in [0.1, 0.15) is 5.82 Å². The van der Waals surface area contributed by atoms with Crippen LogP contribution in [0.1, 0.15) is 51.7 Å². The third-order valence-corrected chi connectivity index (χ3v) is 3.50. The van der Waals surface area contributed by atoms with E-state index in [0.717, 1.165) is 12.8 Å². The number of aliphatic imine (C=N–C) groups is 1. The zero-order chi connectivity index (χ0) is 16.5. The second kappa shape index (κ2) is 11.6. The van der Waals surface area contributed by atoms with Crippen LogP contribution in [0.4, 0.5) is 4.39 Å². The summed E-state index contributed by atoms with van der Waals surface area (Å²) in [6.07, 6.45) is 2.61. The Morgan fingerprint density at radius 1 is 1.22 bits per heavy atom. The Labute approximate surface area is 155 Å². The zero-order valence-electron chi connectivity index (χ0n) is 14.1. The molecule has 0 heterocycles. The van der Waals surface area contributed by atoms with Crippen molar-refractivity contribution in [2.24, 2.45) is 16.6 Å². The van der Waals surface area contributed by atoms with Crippen LogP contribution in [0.3, 0.4) is 0 Å². The lowest BCUT2D eigenvalue weighted by Gasteiger charge is -2.15. The van der Waals surface area contributed by atoms with Crippen molar-refractivity contribution in [1.29, 1.82) is 0 Å². The molecular weight excluding hydrogens is 408 g/mol. The summed E-state index contributed by atoms with van der Waals surface area (Å²) in [5, 5.41) is 13.1. The number of hydrogen-bond donors (Lipinski definition) is 3. The van der Waals surface area contributed by atoms with Crippen molar-refractivity contribution in [2.45, 2.75) is 52.2 Å². The lowest BCUT2D eigenvalue weighted by Crippen LogP contribution is -2.38. The number of rotatable bonds is 8. The molecule has 0 saturated carbocycles. The molecule has 1 aromatic carbocycles. The zero-order valence-corrected chi connectivity index (χ0v) is 16.5. The maximum Gasteiger partial charge on any atom is 0.188 e. The van der Waals surface area contributed by atoms with E-state index in [9.17, 15) is 9.50 Å². The SMILES string of the molecule is CC(C)CCCC(C)NC(N)=NCC(O)c1ccc(F)cc1.I. The summed E-state index contributed by atoms with van der Waals surface area (Å²) in [6.45, 7) is 6.65. The molecule has 4 N–H and O–H groups in total. The minimum absolute atomic E-state index is 0. The molecule has 0 aromatic heterocycles. The Morgan fingerprint density at radius 2 is 1.83 bits per heavy atom. The van der Waals surface area contributed by atoms with Crippen molar-refractivity contribution in [3.63, 3.8) is 0 Å². The highest BCUT2D eigenvalue weighted by atomic mass is 127. The Morgan fingerprint density at radius 3 is 2.39 bits per heavy atom. The number of aliphatic hydroxyl groups is 1. The summed E-state index contributed by atoms with van der Waals surface area (Å²) >= 11 is 0. The van der Waals surface area contributed by atoms with Gasteiger partial charge in [0.15, 0.2) is 5.96 Å². The second-order valence-electron chi connectivity index (χ2n) is 6.16. The van der Waals surface area contributed by atoms with Gasteiger partial charge in [-0.15, -0.1) is 24.0 Å². The molecule has 23 heavy (non-hydrogen) atoms. The van der Waals surface area contributed by atoms with Crippen molar-refractivity contribution in [3.8, 4) is 0 Å². The fourth-order valence-corrected chi connectivity index (χ4v) is 2.18. The molecule has 0 saturated heterocycles. The summed E-state index contributed by atoms with van der Waals surface area (Å²) in [5.41, 5.74) is 6.45. The molecule has 0 bridgehead atoms. The van der Waals surface area contributed by atoms with Crippen LogP contribution >= 0.6 is 24.0 Å². The lowest BCUT2D eigenvalue weighted by molar-refractivity contribution is 0.187. The molecule has 4 nitrogen and oxygen atoms in total. The molecule has 1 aromatic rings. The minimum Gasteiger partial charge on any atom is -0.386 e. The van der Waals surface area contributed by atoms with Crippen LogP contribution in [0, 0.1) is 11.7 Å². The Balaban J connectivity index is 0.00000484. The monoisotopic (exact) mass is 437 g/mol. The van der Waals surface area contributed by atoms with E-state index in [1.807, 2.05) is 0 Å². The molecule has 132 valence electrons. The van der Waals surface area contributed by atoms with Crippen LogP contribution in [0.15, 0.2) is 29.3 Å². The van der Waals surface area contributed by atoms with Crippen LogP contribution < -0.4 is 11.1 Å². The van der Waals surface area contributed by atoms with Gasteiger partial charge in [-0.25, -0.2) is 4.39 Å². The average Bonchev–Trinajstić information content (AvgIpc) is 2.45. The Hall–Kier alpha value is -0.890. The average molecular weight is 437 g/mol. The van der Waals surface area contributed by atoms with Crippen LogP contribution in [-0.2, 0) is 0 Å². The standard InChI is InChI=1S/C17H28FN3O.HI/c1-12(2)5-4-6-13(3)21-17(19)20-11-16(22)14-7-9-15(18)10-8-14;/h7-10,12-13,16,22H,4-6,11H2,1-3H3,(H3,19,20,21);1H. The highest BCUT2D eigenvalue weighted by Crippen LogP contribution is 2.13. The largest absolute Gasteiger partial charge is 0.386 e. The van der Waals surface area contributed by atoms with Gasteiger partial charge in [-0.1, -0.05) is 38.8 Å². The van der Waals surface area contributed by atoms with Gasteiger partial charge in [0.2, 0.25) is 0 Å². The van der Waals surface area contributed by atoms with Crippen molar-refractivity contribution >= 4 is 29.9 Å². The third-order valence-electron chi connectivity index (χ3n) is 3.50. The van der Waals surface area contributed by atoms with Gasteiger partial charge in [0.05, 0.1) is 12.6 Å². The number of halogens is 2. The Bertz CT molecular complexity index is 465. The molecule has 0 aliphatic carbocycles. The first-order valence-electron chi connectivity index (χ1n) is 7.88. The molecule has 2 atom stereocenters.